The molecule has 16 heavy (non-hydrogen) atoms. The van der Waals surface area contributed by atoms with Gasteiger partial charge in [0, 0.05) is 7.05 Å². The monoisotopic (exact) mass is 237 g/mol. The zero-order chi connectivity index (χ0) is 11.5. The predicted octanol–water partition coefficient (Wildman–Crippen LogP) is 2.04. The topological polar surface area (TPSA) is 55.6 Å². The van der Waals surface area contributed by atoms with E-state index in [1.807, 2.05) is 30.7 Å². The third-order valence-electron chi connectivity index (χ3n) is 2.21. The van der Waals surface area contributed by atoms with Crippen molar-refractivity contribution >= 4 is 17.4 Å². The van der Waals surface area contributed by atoms with Crippen molar-refractivity contribution in [2.24, 2.45) is 7.05 Å². The number of aromatic nitrogens is 4. The van der Waals surface area contributed by atoms with Gasteiger partial charge in [-0.3, -0.25) is 0 Å². The number of hydrogen-bond acceptors (Lipinski definition) is 4. The summed E-state index contributed by atoms with van der Waals surface area (Å²) in [4.78, 5) is 4.15. The Kier molecular flexibility index (Phi) is 3.05. The molecule has 5 nitrogen and oxygen atoms in total. The van der Waals surface area contributed by atoms with Gasteiger partial charge in [0.15, 0.2) is 5.82 Å². The maximum absolute atomic E-state index is 5.80. The molecule has 6 heteroatoms. The first kappa shape index (κ1) is 10.9. The highest BCUT2D eigenvalue weighted by Crippen LogP contribution is 2.16. The van der Waals surface area contributed by atoms with Crippen LogP contribution in [-0.2, 0) is 7.05 Å². The van der Waals surface area contributed by atoms with Crippen LogP contribution in [0.2, 0.25) is 5.15 Å². The molecule has 2 aromatic heterocycles. The van der Waals surface area contributed by atoms with Gasteiger partial charge in [-0.1, -0.05) is 17.7 Å². The highest BCUT2D eigenvalue weighted by molar-refractivity contribution is 6.29. The molecule has 0 spiro atoms. The van der Waals surface area contributed by atoms with Gasteiger partial charge in [-0.05, 0) is 19.1 Å². The smallest absolute Gasteiger partial charge is 0.154 e. The van der Waals surface area contributed by atoms with Crippen LogP contribution in [0.25, 0.3) is 0 Å². The van der Waals surface area contributed by atoms with E-state index in [2.05, 4.69) is 20.5 Å². The molecular weight excluding hydrogens is 226 g/mol. The van der Waals surface area contributed by atoms with E-state index in [0.29, 0.717) is 5.15 Å². The number of pyridine rings is 1. The van der Waals surface area contributed by atoms with Crippen LogP contribution in [0.15, 0.2) is 24.5 Å². The second-order valence-corrected chi connectivity index (χ2v) is 3.90. The molecule has 0 aliphatic rings. The zero-order valence-electron chi connectivity index (χ0n) is 9.05. The molecule has 0 bridgehead atoms. The number of hydrogen-bond donors (Lipinski definition) is 1. The number of halogens is 1. The van der Waals surface area contributed by atoms with Crippen LogP contribution in [0.5, 0.6) is 0 Å². The van der Waals surface area contributed by atoms with Crippen LogP contribution in [0.4, 0.5) is 5.82 Å². The van der Waals surface area contributed by atoms with E-state index in [1.165, 1.54) is 0 Å². The number of aryl methyl sites for hydroxylation is 1. The van der Waals surface area contributed by atoms with Crippen molar-refractivity contribution in [2.75, 3.05) is 5.32 Å². The number of anilines is 1. The summed E-state index contributed by atoms with van der Waals surface area (Å²) in [6.45, 7) is 1.99. The molecular formula is C10H12ClN5. The zero-order valence-corrected chi connectivity index (χ0v) is 9.81. The highest BCUT2D eigenvalue weighted by atomic mass is 35.5. The molecule has 0 fully saturated rings. The van der Waals surface area contributed by atoms with Gasteiger partial charge in [-0.2, -0.15) is 0 Å². The largest absolute Gasteiger partial charge is 0.360 e. The number of nitrogens with one attached hydrogen (secondary N) is 1. The van der Waals surface area contributed by atoms with Crippen LogP contribution in [0.1, 0.15) is 18.8 Å². The molecule has 0 radical (unpaired) electrons. The van der Waals surface area contributed by atoms with Crippen LogP contribution in [0, 0.1) is 0 Å². The fourth-order valence-electron chi connectivity index (χ4n) is 1.46. The number of nitrogens with zero attached hydrogens (tertiary/aromatic N) is 4. The summed E-state index contributed by atoms with van der Waals surface area (Å²) in [6, 6.07) is 5.47. The minimum absolute atomic E-state index is 0.0264. The Bertz CT molecular complexity index is 482. The molecule has 1 unspecified atom stereocenters. The first-order valence-electron chi connectivity index (χ1n) is 4.90. The molecule has 0 saturated carbocycles. The lowest BCUT2D eigenvalue weighted by Gasteiger charge is -2.13. The molecule has 2 aromatic rings. The molecule has 0 aromatic carbocycles. The minimum atomic E-state index is 0.0264. The summed E-state index contributed by atoms with van der Waals surface area (Å²) in [5.74, 6) is 1.57. The molecule has 2 heterocycles. The van der Waals surface area contributed by atoms with Gasteiger partial charge in [0.25, 0.3) is 0 Å². The number of rotatable bonds is 3. The van der Waals surface area contributed by atoms with Gasteiger partial charge >= 0.3 is 0 Å². The third kappa shape index (κ3) is 2.30. The van der Waals surface area contributed by atoms with Crippen LogP contribution >= 0.6 is 11.6 Å². The summed E-state index contributed by atoms with van der Waals surface area (Å²) in [5, 5.41) is 11.5. The Balaban J connectivity index is 2.14. The quantitative estimate of drug-likeness (QED) is 0.830. The van der Waals surface area contributed by atoms with Gasteiger partial charge < -0.3 is 9.88 Å². The molecule has 2 rings (SSSR count). The summed E-state index contributed by atoms with van der Waals surface area (Å²) < 4.78 is 1.86. The van der Waals surface area contributed by atoms with E-state index in [4.69, 9.17) is 11.6 Å². The Morgan fingerprint density at radius 1 is 1.44 bits per heavy atom. The normalized spacial score (nSPS) is 12.4. The SMILES string of the molecule is CC(Nc1cccc(Cl)n1)c1nncn1C. The van der Waals surface area contributed by atoms with Crippen molar-refractivity contribution in [3.8, 4) is 0 Å². The van der Waals surface area contributed by atoms with Crippen molar-refractivity contribution < 1.29 is 0 Å². The Labute approximate surface area is 98.5 Å². The lowest BCUT2D eigenvalue weighted by Crippen LogP contribution is -2.12. The Hall–Kier alpha value is -1.62. The maximum Gasteiger partial charge on any atom is 0.154 e. The average Bonchev–Trinajstić information content (AvgIpc) is 2.64. The summed E-state index contributed by atoms with van der Waals surface area (Å²) in [6.07, 6.45) is 1.67. The minimum Gasteiger partial charge on any atom is -0.360 e. The molecule has 1 N–H and O–H groups in total. The average molecular weight is 238 g/mol. The Morgan fingerprint density at radius 2 is 2.25 bits per heavy atom. The van der Waals surface area contributed by atoms with E-state index in [-0.39, 0.29) is 6.04 Å². The van der Waals surface area contributed by atoms with Crippen molar-refractivity contribution in [3.05, 3.63) is 35.5 Å². The van der Waals surface area contributed by atoms with Crippen LogP contribution in [0.3, 0.4) is 0 Å². The van der Waals surface area contributed by atoms with Gasteiger partial charge in [0.1, 0.15) is 17.3 Å². The van der Waals surface area contributed by atoms with E-state index < -0.39 is 0 Å². The first-order chi connectivity index (χ1) is 7.66. The second-order valence-electron chi connectivity index (χ2n) is 3.51. The second kappa shape index (κ2) is 4.49. The standard InChI is InChI=1S/C10H12ClN5/c1-7(10-15-12-6-16(10)2)13-9-5-3-4-8(11)14-9/h3-7H,1-2H3,(H,13,14). The molecule has 1 atom stereocenters. The van der Waals surface area contributed by atoms with Crippen molar-refractivity contribution in [2.45, 2.75) is 13.0 Å². The predicted molar refractivity (Wildman–Crippen MR) is 62.3 cm³/mol. The molecule has 0 aliphatic carbocycles. The summed E-state index contributed by atoms with van der Waals surface area (Å²) >= 11 is 5.80. The van der Waals surface area contributed by atoms with E-state index in [0.717, 1.165) is 11.6 Å². The van der Waals surface area contributed by atoms with Crippen molar-refractivity contribution in [1.82, 2.24) is 19.7 Å². The lowest BCUT2D eigenvalue weighted by atomic mass is 10.3. The molecule has 0 aliphatic heterocycles. The van der Waals surface area contributed by atoms with Gasteiger partial charge in [-0.15, -0.1) is 10.2 Å². The first-order valence-corrected chi connectivity index (χ1v) is 5.27. The summed E-state index contributed by atoms with van der Waals surface area (Å²) in [7, 11) is 1.90. The fraction of sp³-hybridized carbons (Fsp3) is 0.300. The van der Waals surface area contributed by atoms with Gasteiger partial charge in [-0.25, -0.2) is 4.98 Å². The van der Waals surface area contributed by atoms with Gasteiger partial charge in [0.2, 0.25) is 0 Å². The van der Waals surface area contributed by atoms with E-state index in [1.54, 1.807) is 12.4 Å². The summed E-state index contributed by atoms with van der Waals surface area (Å²) in [5.41, 5.74) is 0. The maximum atomic E-state index is 5.80. The van der Waals surface area contributed by atoms with Crippen molar-refractivity contribution in [3.63, 3.8) is 0 Å². The van der Waals surface area contributed by atoms with Crippen LogP contribution in [-0.4, -0.2) is 19.7 Å². The Morgan fingerprint density at radius 3 is 2.88 bits per heavy atom. The van der Waals surface area contributed by atoms with E-state index >= 15 is 0 Å². The molecule has 0 amide bonds. The lowest BCUT2D eigenvalue weighted by molar-refractivity contribution is 0.716. The highest BCUT2D eigenvalue weighted by Gasteiger charge is 2.11. The van der Waals surface area contributed by atoms with Crippen molar-refractivity contribution in [1.29, 1.82) is 0 Å². The van der Waals surface area contributed by atoms with Crippen LogP contribution < -0.4 is 5.32 Å². The fourth-order valence-corrected chi connectivity index (χ4v) is 1.62. The van der Waals surface area contributed by atoms with Gasteiger partial charge in [0.05, 0.1) is 6.04 Å². The molecule has 84 valence electrons. The third-order valence-corrected chi connectivity index (χ3v) is 2.42. The van der Waals surface area contributed by atoms with E-state index in [9.17, 15) is 0 Å². The molecule has 0 saturated heterocycles.